The minimum absolute atomic E-state index is 0.145. The van der Waals surface area contributed by atoms with E-state index in [-0.39, 0.29) is 16.0 Å². The molecular formula is C14H16N2O3S. The van der Waals surface area contributed by atoms with Gasteiger partial charge in [-0.1, -0.05) is 23.5 Å². The van der Waals surface area contributed by atoms with Crippen LogP contribution in [-0.4, -0.2) is 12.0 Å². The Bertz CT molecular complexity index is 598. The van der Waals surface area contributed by atoms with Crippen molar-refractivity contribution in [2.24, 2.45) is 0 Å². The first-order valence-corrected chi connectivity index (χ1v) is 7.02. The van der Waals surface area contributed by atoms with Crippen molar-refractivity contribution in [2.45, 2.75) is 19.5 Å². The first-order chi connectivity index (χ1) is 9.60. The smallest absolute Gasteiger partial charge is 0.324 e. The van der Waals surface area contributed by atoms with Crippen molar-refractivity contribution in [2.75, 3.05) is 7.11 Å². The van der Waals surface area contributed by atoms with E-state index in [1.165, 1.54) is 17.4 Å². The SMILES string of the molecule is COc1cccc([C@H](C)NCc2ccc([N+](=O)[O-])s2)c1. The summed E-state index contributed by atoms with van der Waals surface area (Å²) in [5.41, 5.74) is 1.12. The fourth-order valence-electron chi connectivity index (χ4n) is 1.84. The average molecular weight is 292 g/mol. The number of nitro groups is 1. The summed E-state index contributed by atoms with van der Waals surface area (Å²) in [5, 5.41) is 14.2. The number of rotatable bonds is 6. The highest BCUT2D eigenvalue weighted by Crippen LogP contribution is 2.25. The normalized spacial score (nSPS) is 12.1. The van der Waals surface area contributed by atoms with Crippen LogP contribution < -0.4 is 10.1 Å². The summed E-state index contributed by atoms with van der Waals surface area (Å²) >= 11 is 1.20. The van der Waals surface area contributed by atoms with Gasteiger partial charge in [0, 0.05) is 23.5 Å². The molecule has 1 aromatic heterocycles. The Balaban J connectivity index is 1.96. The van der Waals surface area contributed by atoms with Crippen LogP contribution in [0.4, 0.5) is 5.00 Å². The first kappa shape index (κ1) is 14.5. The highest BCUT2D eigenvalue weighted by atomic mass is 32.1. The molecule has 0 saturated heterocycles. The zero-order valence-electron chi connectivity index (χ0n) is 11.3. The fourth-order valence-corrected chi connectivity index (χ4v) is 2.61. The van der Waals surface area contributed by atoms with E-state index in [0.717, 1.165) is 16.2 Å². The van der Waals surface area contributed by atoms with Crippen LogP contribution in [0.25, 0.3) is 0 Å². The van der Waals surface area contributed by atoms with Gasteiger partial charge in [0.15, 0.2) is 0 Å². The van der Waals surface area contributed by atoms with Crippen molar-refractivity contribution >= 4 is 16.3 Å². The van der Waals surface area contributed by atoms with Crippen LogP contribution >= 0.6 is 11.3 Å². The molecule has 0 aliphatic rings. The largest absolute Gasteiger partial charge is 0.497 e. The van der Waals surface area contributed by atoms with Gasteiger partial charge in [-0.15, -0.1) is 0 Å². The molecule has 0 bridgehead atoms. The number of hydrogen-bond acceptors (Lipinski definition) is 5. The minimum Gasteiger partial charge on any atom is -0.497 e. The number of nitrogens with zero attached hydrogens (tertiary/aromatic N) is 1. The van der Waals surface area contributed by atoms with E-state index in [9.17, 15) is 10.1 Å². The molecule has 0 aliphatic heterocycles. The maximum Gasteiger partial charge on any atom is 0.324 e. The maximum absolute atomic E-state index is 10.6. The fraction of sp³-hybridized carbons (Fsp3) is 0.286. The predicted octanol–water partition coefficient (Wildman–Crippen LogP) is 3.52. The monoisotopic (exact) mass is 292 g/mol. The molecule has 1 heterocycles. The molecular weight excluding hydrogens is 276 g/mol. The Morgan fingerprint density at radius 3 is 2.85 bits per heavy atom. The second-order valence-corrected chi connectivity index (χ2v) is 5.52. The minimum atomic E-state index is -0.361. The second-order valence-electron chi connectivity index (χ2n) is 4.38. The van der Waals surface area contributed by atoms with Gasteiger partial charge in [0.05, 0.1) is 12.0 Å². The number of nitrogens with one attached hydrogen (secondary N) is 1. The molecule has 0 unspecified atom stereocenters. The number of thiophene rings is 1. The molecule has 0 saturated carbocycles. The lowest BCUT2D eigenvalue weighted by Gasteiger charge is -2.14. The third kappa shape index (κ3) is 3.55. The highest BCUT2D eigenvalue weighted by Gasteiger charge is 2.11. The topological polar surface area (TPSA) is 64.4 Å². The Morgan fingerprint density at radius 2 is 2.20 bits per heavy atom. The molecule has 0 amide bonds. The van der Waals surface area contributed by atoms with Gasteiger partial charge in [0.2, 0.25) is 0 Å². The Kier molecular flexibility index (Phi) is 4.70. The molecule has 5 nitrogen and oxygen atoms in total. The molecule has 1 N–H and O–H groups in total. The summed E-state index contributed by atoms with van der Waals surface area (Å²) in [6.07, 6.45) is 0. The van der Waals surface area contributed by atoms with Gasteiger partial charge in [-0.2, -0.15) is 0 Å². The van der Waals surface area contributed by atoms with Crippen LogP contribution in [-0.2, 0) is 6.54 Å². The molecule has 0 radical (unpaired) electrons. The summed E-state index contributed by atoms with van der Waals surface area (Å²) in [5.74, 6) is 0.822. The summed E-state index contributed by atoms with van der Waals surface area (Å²) in [6, 6.07) is 11.3. The number of hydrogen-bond donors (Lipinski definition) is 1. The molecule has 6 heteroatoms. The maximum atomic E-state index is 10.6. The lowest BCUT2D eigenvalue weighted by Crippen LogP contribution is -2.17. The van der Waals surface area contributed by atoms with Crippen LogP contribution in [0, 0.1) is 10.1 Å². The highest BCUT2D eigenvalue weighted by molar-refractivity contribution is 7.15. The van der Waals surface area contributed by atoms with Crippen LogP contribution in [0.15, 0.2) is 36.4 Å². The molecule has 0 spiro atoms. The number of methoxy groups -OCH3 is 1. The van der Waals surface area contributed by atoms with E-state index in [2.05, 4.69) is 12.2 Å². The molecule has 2 rings (SSSR count). The van der Waals surface area contributed by atoms with Crippen molar-refractivity contribution in [3.8, 4) is 5.75 Å². The van der Waals surface area contributed by atoms with E-state index in [4.69, 9.17) is 4.74 Å². The lowest BCUT2D eigenvalue weighted by atomic mass is 10.1. The van der Waals surface area contributed by atoms with Gasteiger partial charge < -0.3 is 10.1 Å². The molecule has 1 atom stereocenters. The third-order valence-electron chi connectivity index (χ3n) is 3.00. The molecule has 106 valence electrons. The van der Waals surface area contributed by atoms with Crippen molar-refractivity contribution in [1.82, 2.24) is 5.32 Å². The Hall–Kier alpha value is -1.92. The zero-order chi connectivity index (χ0) is 14.5. The summed E-state index contributed by atoms with van der Waals surface area (Å²) in [4.78, 5) is 11.2. The van der Waals surface area contributed by atoms with E-state index in [1.54, 1.807) is 13.2 Å². The zero-order valence-corrected chi connectivity index (χ0v) is 12.1. The van der Waals surface area contributed by atoms with Crippen molar-refractivity contribution in [1.29, 1.82) is 0 Å². The molecule has 2 aromatic rings. The number of benzene rings is 1. The predicted molar refractivity (Wildman–Crippen MR) is 79.2 cm³/mol. The van der Waals surface area contributed by atoms with Gasteiger partial charge in [-0.05, 0) is 30.7 Å². The third-order valence-corrected chi connectivity index (χ3v) is 4.04. The van der Waals surface area contributed by atoms with E-state index in [1.807, 2.05) is 24.3 Å². The lowest BCUT2D eigenvalue weighted by molar-refractivity contribution is -0.380. The van der Waals surface area contributed by atoms with Crippen molar-refractivity contribution in [3.05, 3.63) is 57.0 Å². The van der Waals surface area contributed by atoms with Gasteiger partial charge >= 0.3 is 5.00 Å². The van der Waals surface area contributed by atoms with Gasteiger partial charge in [-0.3, -0.25) is 10.1 Å². The van der Waals surface area contributed by atoms with Crippen molar-refractivity contribution < 1.29 is 9.66 Å². The first-order valence-electron chi connectivity index (χ1n) is 6.20. The Labute approximate surface area is 121 Å². The standard InChI is InChI=1S/C14H16N2O3S/c1-10(11-4-3-5-12(8-11)19-2)15-9-13-6-7-14(20-13)16(17)18/h3-8,10,15H,9H2,1-2H3/t10-/m0/s1. The molecule has 20 heavy (non-hydrogen) atoms. The second kappa shape index (κ2) is 6.49. The summed E-state index contributed by atoms with van der Waals surface area (Å²) in [6.45, 7) is 2.66. The van der Waals surface area contributed by atoms with E-state index < -0.39 is 0 Å². The van der Waals surface area contributed by atoms with Gasteiger partial charge in [0.1, 0.15) is 5.75 Å². The number of ether oxygens (including phenoxy) is 1. The van der Waals surface area contributed by atoms with E-state index >= 15 is 0 Å². The molecule has 1 aromatic carbocycles. The quantitative estimate of drug-likeness (QED) is 0.653. The van der Waals surface area contributed by atoms with Crippen LogP contribution in [0.1, 0.15) is 23.4 Å². The van der Waals surface area contributed by atoms with E-state index in [0.29, 0.717) is 6.54 Å². The van der Waals surface area contributed by atoms with Crippen LogP contribution in [0.5, 0.6) is 5.75 Å². The summed E-state index contributed by atoms with van der Waals surface area (Å²) in [7, 11) is 1.64. The Morgan fingerprint density at radius 1 is 1.40 bits per heavy atom. The van der Waals surface area contributed by atoms with Crippen molar-refractivity contribution in [3.63, 3.8) is 0 Å². The van der Waals surface area contributed by atoms with Gasteiger partial charge in [0.25, 0.3) is 0 Å². The van der Waals surface area contributed by atoms with Crippen LogP contribution in [0.2, 0.25) is 0 Å². The molecule has 0 fully saturated rings. The van der Waals surface area contributed by atoms with Gasteiger partial charge in [-0.25, -0.2) is 0 Å². The van der Waals surface area contributed by atoms with Crippen LogP contribution in [0.3, 0.4) is 0 Å². The molecule has 0 aliphatic carbocycles. The summed E-state index contributed by atoms with van der Waals surface area (Å²) < 4.78 is 5.20. The average Bonchev–Trinajstić information content (AvgIpc) is 2.94.